The summed E-state index contributed by atoms with van der Waals surface area (Å²) in [5, 5.41) is 2.66. The van der Waals surface area contributed by atoms with Crippen molar-refractivity contribution in [3.8, 4) is 0 Å². The molecule has 1 atom stereocenters. The van der Waals surface area contributed by atoms with Crippen molar-refractivity contribution in [3.63, 3.8) is 0 Å². The third-order valence-electron chi connectivity index (χ3n) is 6.43. The average Bonchev–Trinajstić information content (AvgIpc) is 3.31. The maximum atomic E-state index is 13.7. The fourth-order valence-corrected chi connectivity index (χ4v) is 5.54. The zero-order valence-electron chi connectivity index (χ0n) is 20.5. The van der Waals surface area contributed by atoms with Crippen molar-refractivity contribution in [1.82, 2.24) is 9.80 Å². The van der Waals surface area contributed by atoms with Crippen LogP contribution in [0.25, 0.3) is 0 Å². The molecule has 1 unspecified atom stereocenters. The van der Waals surface area contributed by atoms with Crippen LogP contribution in [0.4, 0.5) is 0 Å². The van der Waals surface area contributed by atoms with Crippen LogP contribution in [0, 0.1) is 0 Å². The van der Waals surface area contributed by atoms with Gasteiger partial charge >= 0.3 is 0 Å². The summed E-state index contributed by atoms with van der Waals surface area (Å²) in [7, 11) is 0. The molecule has 182 valence electrons. The topological polar surface area (TPSA) is 40.6 Å². The SMILES string of the molecule is C=CCN(CC(=O)N1CCc2sccc2C1c1ccc(C(C)(C)C)cc1)C(=O)c1ccc(Cl)cc1. The Kier molecular flexibility index (Phi) is 7.48. The van der Waals surface area contributed by atoms with Crippen LogP contribution in [0.2, 0.25) is 5.02 Å². The van der Waals surface area contributed by atoms with Crippen LogP contribution >= 0.6 is 22.9 Å². The number of hydrogen-bond donors (Lipinski definition) is 0. The monoisotopic (exact) mass is 506 g/mol. The third-order valence-corrected chi connectivity index (χ3v) is 7.68. The number of halogens is 1. The molecule has 2 heterocycles. The number of benzene rings is 2. The van der Waals surface area contributed by atoms with E-state index in [1.54, 1.807) is 46.6 Å². The van der Waals surface area contributed by atoms with E-state index in [2.05, 4.69) is 63.1 Å². The molecule has 0 spiro atoms. The smallest absolute Gasteiger partial charge is 0.254 e. The van der Waals surface area contributed by atoms with Crippen molar-refractivity contribution in [2.45, 2.75) is 38.6 Å². The van der Waals surface area contributed by atoms with E-state index in [1.165, 1.54) is 16.0 Å². The summed E-state index contributed by atoms with van der Waals surface area (Å²) in [4.78, 5) is 31.6. The summed E-state index contributed by atoms with van der Waals surface area (Å²) >= 11 is 7.73. The van der Waals surface area contributed by atoms with E-state index >= 15 is 0 Å². The molecule has 4 rings (SSSR count). The molecule has 2 amide bonds. The van der Waals surface area contributed by atoms with Gasteiger partial charge in [0.2, 0.25) is 5.91 Å². The van der Waals surface area contributed by atoms with Gasteiger partial charge in [0.05, 0.1) is 6.04 Å². The molecule has 1 aromatic heterocycles. The summed E-state index contributed by atoms with van der Waals surface area (Å²) in [6.07, 6.45) is 2.47. The van der Waals surface area contributed by atoms with Crippen molar-refractivity contribution >= 4 is 34.8 Å². The van der Waals surface area contributed by atoms with Crippen molar-refractivity contribution in [2.24, 2.45) is 0 Å². The number of thiophene rings is 1. The molecule has 1 aliphatic rings. The van der Waals surface area contributed by atoms with Crippen molar-refractivity contribution < 1.29 is 9.59 Å². The van der Waals surface area contributed by atoms with Gasteiger partial charge in [0.1, 0.15) is 6.54 Å². The number of nitrogens with zero attached hydrogens (tertiary/aromatic N) is 2. The van der Waals surface area contributed by atoms with E-state index in [4.69, 9.17) is 11.6 Å². The van der Waals surface area contributed by atoms with Crippen LogP contribution < -0.4 is 0 Å². The van der Waals surface area contributed by atoms with Crippen LogP contribution in [0.5, 0.6) is 0 Å². The maximum Gasteiger partial charge on any atom is 0.254 e. The molecule has 0 radical (unpaired) electrons. The minimum Gasteiger partial charge on any atom is -0.330 e. The molecule has 2 aromatic carbocycles. The lowest BCUT2D eigenvalue weighted by Gasteiger charge is -2.37. The highest BCUT2D eigenvalue weighted by atomic mass is 35.5. The molecule has 0 saturated heterocycles. The standard InChI is InChI=1S/C29H31ClN2O2S/c1-5-16-31(28(34)21-8-12-23(30)13-9-21)19-26(33)32-17-14-25-24(15-18-35-25)27(32)20-6-10-22(11-7-20)29(2,3)4/h5-13,15,18,27H,1,14,16-17,19H2,2-4H3. The van der Waals surface area contributed by atoms with Crippen LogP contribution in [0.15, 0.2) is 72.6 Å². The van der Waals surface area contributed by atoms with Crippen LogP contribution in [0.1, 0.15) is 58.7 Å². The van der Waals surface area contributed by atoms with Gasteiger partial charge in [-0.05, 0) is 64.2 Å². The van der Waals surface area contributed by atoms with Crippen molar-refractivity contribution in [2.75, 3.05) is 19.6 Å². The summed E-state index contributed by atoms with van der Waals surface area (Å²) in [6, 6.07) is 17.3. The fraction of sp³-hybridized carbons (Fsp3) is 0.310. The predicted molar refractivity (Wildman–Crippen MR) is 144 cm³/mol. The Balaban J connectivity index is 1.62. The first-order valence-corrected chi connectivity index (χ1v) is 13.1. The molecule has 0 N–H and O–H groups in total. The molecule has 1 aliphatic heterocycles. The predicted octanol–water partition coefficient (Wildman–Crippen LogP) is 6.50. The van der Waals surface area contributed by atoms with E-state index in [1.807, 2.05) is 4.90 Å². The average molecular weight is 507 g/mol. The van der Waals surface area contributed by atoms with E-state index in [0.717, 1.165) is 12.0 Å². The first-order chi connectivity index (χ1) is 16.7. The van der Waals surface area contributed by atoms with Gasteiger partial charge < -0.3 is 9.80 Å². The van der Waals surface area contributed by atoms with Crippen LogP contribution in [0.3, 0.4) is 0 Å². The Bertz CT molecular complexity index is 1210. The molecule has 4 nitrogen and oxygen atoms in total. The lowest BCUT2D eigenvalue weighted by molar-refractivity contribution is -0.133. The van der Waals surface area contributed by atoms with E-state index < -0.39 is 0 Å². The summed E-state index contributed by atoms with van der Waals surface area (Å²) in [5.41, 5.74) is 4.08. The Morgan fingerprint density at radius 2 is 1.80 bits per heavy atom. The number of carbonyl (C=O) groups excluding carboxylic acids is 2. The number of rotatable bonds is 6. The Morgan fingerprint density at radius 1 is 1.11 bits per heavy atom. The zero-order valence-corrected chi connectivity index (χ0v) is 22.0. The minimum atomic E-state index is -0.214. The second-order valence-corrected chi connectivity index (χ2v) is 11.3. The quantitative estimate of drug-likeness (QED) is 0.358. The number of carbonyl (C=O) groups is 2. The van der Waals surface area contributed by atoms with Gasteiger partial charge in [-0.2, -0.15) is 0 Å². The summed E-state index contributed by atoms with van der Waals surface area (Å²) in [6.45, 7) is 11.3. The second kappa shape index (κ2) is 10.4. The number of fused-ring (bicyclic) bond motifs is 1. The van der Waals surface area contributed by atoms with Crippen LogP contribution in [-0.2, 0) is 16.6 Å². The molecular formula is C29H31ClN2O2S. The minimum absolute atomic E-state index is 0.0104. The van der Waals surface area contributed by atoms with Gasteiger partial charge in [0.15, 0.2) is 0 Å². The number of hydrogen-bond acceptors (Lipinski definition) is 3. The molecule has 0 fully saturated rings. The van der Waals surface area contributed by atoms with E-state index in [-0.39, 0.29) is 36.4 Å². The largest absolute Gasteiger partial charge is 0.330 e. The van der Waals surface area contributed by atoms with Gasteiger partial charge in [-0.15, -0.1) is 17.9 Å². The highest BCUT2D eigenvalue weighted by Gasteiger charge is 2.34. The molecule has 0 saturated carbocycles. The normalized spacial score (nSPS) is 15.4. The zero-order chi connectivity index (χ0) is 25.2. The first kappa shape index (κ1) is 25.2. The third kappa shape index (κ3) is 5.52. The lowest BCUT2D eigenvalue weighted by atomic mass is 9.85. The molecule has 35 heavy (non-hydrogen) atoms. The van der Waals surface area contributed by atoms with Gasteiger partial charge in [0.25, 0.3) is 5.91 Å². The Labute approximate surface area is 216 Å². The molecule has 0 bridgehead atoms. The molecule has 3 aromatic rings. The Morgan fingerprint density at radius 3 is 2.43 bits per heavy atom. The van der Waals surface area contributed by atoms with E-state index in [9.17, 15) is 9.59 Å². The highest BCUT2D eigenvalue weighted by molar-refractivity contribution is 7.10. The van der Waals surface area contributed by atoms with Crippen LogP contribution in [-0.4, -0.2) is 41.2 Å². The fourth-order valence-electron chi connectivity index (χ4n) is 4.51. The van der Waals surface area contributed by atoms with Crippen molar-refractivity contribution in [1.29, 1.82) is 0 Å². The Hall–Kier alpha value is -2.89. The molecular weight excluding hydrogens is 476 g/mol. The van der Waals surface area contributed by atoms with Crippen molar-refractivity contribution in [3.05, 3.63) is 105 Å². The van der Waals surface area contributed by atoms with Gasteiger partial charge in [-0.3, -0.25) is 9.59 Å². The first-order valence-electron chi connectivity index (χ1n) is 11.8. The lowest BCUT2D eigenvalue weighted by Crippen LogP contribution is -2.46. The molecule has 6 heteroatoms. The maximum absolute atomic E-state index is 13.7. The van der Waals surface area contributed by atoms with Gasteiger partial charge in [-0.25, -0.2) is 0 Å². The summed E-state index contributed by atoms with van der Waals surface area (Å²) < 4.78 is 0. The molecule has 0 aliphatic carbocycles. The van der Waals surface area contributed by atoms with Gasteiger partial charge in [-0.1, -0.05) is 62.7 Å². The highest BCUT2D eigenvalue weighted by Crippen LogP contribution is 2.38. The number of amides is 2. The van der Waals surface area contributed by atoms with Gasteiger partial charge in [0, 0.05) is 28.6 Å². The summed E-state index contributed by atoms with van der Waals surface area (Å²) in [5.74, 6) is -0.287. The second-order valence-electron chi connectivity index (χ2n) is 9.89. The van der Waals surface area contributed by atoms with E-state index in [0.29, 0.717) is 17.1 Å².